The highest BCUT2D eigenvalue weighted by Crippen LogP contribution is 2.22. The molecule has 0 aliphatic heterocycles. The SMILES string of the molecule is CC(=C(F)C(=O)O)c1ccc(OC(C)C)cc1. The van der Waals surface area contributed by atoms with Crippen LogP contribution < -0.4 is 4.74 Å². The number of benzene rings is 1. The molecule has 0 radical (unpaired) electrons. The van der Waals surface area contributed by atoms with Crippen molar-refractivity contribution in [1.82, 2.24) is 0 Å². The minimum absolute atomic E-state index is 0.0632. The van der Waals surface area contributed by atoms with Gasteiger partial charge in [0.15, 0.2) is 0 Å². The Morgan fingerprint density at radius 2 is 1.82 bits per heavy atom. The zero-order chi connectivity index (χ0) is 13.0. The fourth-order valence-electron chi connectivity index (χ4n) is 1.34. The number of carboxylic acids is 1. The van der Waals surface area contributed by atoms with Crippen molar-refractivity contribution in [3.05, 3.63) is 35.7 Å². The number of hydrogen-bond donors (Lipinski definition) is 1. The van der Waals surface area contributed by atoms with E-state index in [0.717, 1.165) is 0 Å². The first-order valence-corrected chi connectivity index (χ1v) is 5.28. The highest BCUT2D eigenvalue weighted by Gasteiger charge is 2.11. The predicted molar refractivity (Wildman–Crippen MR) is 63.5 cm³/mol. The largest absolute Gasteiger partial charge is 0.491 e. The van der Waals surface area contributed by atoms with E-state index < -0.39 is 11.8 Å². The van der Waals surface area contributed by atoms with E-state index in [2.05, 4.69) is 0 Å². The summed E-state index contributed by atoms with van der Waals surface area (Å²) in [7, 11) is 0. The number of carbonyl (C=O) groups is 1. The second kappa shape index (κ2) is 5.48. The number of allylic oxidation sites excluding steroid dienone is 1. The first-order valence-electron chi connectivity index (χ1n) is 5.28. The van der Waals surface area contributed by atoms with Gasteiger partial charge >= 0.3 is 5.97 Å². The van der Waals surface area contributed by atoms with Crippen molar-refractivity contribution < 1.29 is 19.0 Å². The van der Waals surface area contributed by atoms with Crippen LogP contribution in [0.2, 0.25) is 0 Å². The van der Waals surface area contributed by atoms with Crippen molar-refractivity contribution in [2.24, 2.45) is 0 Å². The first kappa shape index (κ1) is 13.2. The van der Waals surface area contributed by atoms with Crippen molar-refractivity contribution in [3.63, 3.8) is 0 Å². The van der Waals surface area contributed by atoms with Crippen LogP contribution >= 0.6 is 0 Å². The Balaban J connectivity index is 2.95. The Hall–Kier alpha value is -1.84. The van der Waals surface area contributed by atoms with Crippen LogP contribution in [0.5, 0.6) is 5.75 Å². The van der Waals surface area contributed by atoms with Crippen molar-refractivity contribution in [2.45, 2.75) is 26.9 Å². The number of hydrogen-bond acceptors (Lipinski definition) is 2. The first-order chi connectivity index (χ1) is 7.91. The molecule has 0 spiro atoms. The Kier molecular flexibility index (Phi) is 4.26. The molecular weight excluding hydrogens is 223 g/mol. The molecule has 3 nitrogen and oxygen atoms in total. The van der Waals surface area contributed by atoms with Crippen molar-refractivity contribution in [2.75, 3.05) is 0 Å². The normalized spacial score (nSPS) is 12.3. The lowest BCUT2D eigenvalue weighted by atomic mass is 10.1. The van der Waals surface area contributed by atoms with Crippen LogP contribution in [0.1, 0.15) is 26.3 Å². The molecule has 0 saturated carbocycles. The highest BCUT2D eigenvalue weighted by atomic mass is 19.1. The fraction of sp³-hybridized carbons (Fsp3) is 0.308. The molecule has 0 aromatic heterocycles. The summed E-state index contributed by atoms with van der Waals surface area (Å²) in [5.41, 5.74) is 0.634. The molecule has 17 heavy (non-hydrogen) atoms. The Labute approximate surface area is 99.5 Å². The van der Waals surface area contributed by atoms with Gasteiger partial charge in [-0.15, -0.1) is 0 Å². The Morgan fingerprint density at radius 1 is 1.29 bits per heavy atom. The number of carboxylic acid groups (broad SMARTS) is 1. The zero-order valence-corrected chi connectivity index (χ0v) is 10.0. The molecule has 0 aliphatic rings. The number of halogens is 1. The molecular formula is C13H15FO3. The standard InChI is InChI=1S/C13H15FO3/c1-8(2)17-11-6-4-10(5-7-11)9(3)12(14)13(15)16/h4-8H,1-3H3,(H,15,16). The van der Waals surface area contributed by atoms with E-state index in [0.29, 0.717) is 11.3 Å². The lowest BCUT2D eigenvalue weighted by molar-refractivity contribution is -0.134. The average Bonchev–Trinajstić information content (AvgIpc) is 2.27. The van der Waals surface area contributed by atoms with Crippen LogP contribution in [-0.4, -0.2) is 17.2 Å². The highest BCUT2D eigenvalue weighted by molar-refractivity contribution is 5.93. The van der Waals surface area contributed by atoms with Crippen LogP contribution in [0.3, 0.4) is 0 Å². The maximum absolute atomic E-state index is 13.2. The van der Waals surface area contributed by atoms with Gasteiger partial charge in [0.2, 0.25) is 5.83 Å². The van der Waals surface area contributed by atoms with Crippen LogP contribution in [0, 0.1) is 0 Å². The quantitative estimate of drug-likeness (QED) is 0.819. The summed E-state index contributed by atoms with van der Waals surface area (Å²) in [6, 6.07) is 6.65. The van der Waals surface area contributed by atoms with Crippen molar-refractivity contribution in [3.8, 4) is 5.75 Å². The molecule has 92 valence electrons. The molecule has 0 amide bonds. The molecule has 1 N–H and O–H groups in total. The van der Waals surface area contributed by atoms with Crippen molar-refractivity contribution in [1.29, 1.82) is 0 Å². The van der Waals surface area contributed by atoms with E-state index in [9.17, 15) is 9.18 Å². The maximum atomic E-state index is 13.2. The van der Waals surface area contributed by atoms with E-state index in [1.165, 1.54) is 6.92 Å². The van der Waals surface area contributed by atoms with Crippen molar-refractivity contribution >= 4 is 11.5 Å². The van der Waals surface area contributed by atoms with Gasteiger partial charge < -0.3 is 9.84 Å². The Bertz CT molecular complexity index is 432. The van der Waals surface area contributed by atoms with E-state index in [1.807, 2.05) is 13.8 Å². The monoisotopic (exact) mass is 238 g/mol. The summed E-state index contributed by atoms with van der Waals surface area (Å²) in [5.74, 6) is -2.01. The van der Waals surface area contributed by atoms with Gasteiger partial charge in [0.1, 0.15) is 5.75 Å². The summed E-state index contributed by atoms with van der Waals surface area (Å²) in [5, 5.41) is 8.53. The van der Waals surface area contributed by atoms with Gasteiger partial charge in [0, 0.05) is 0 Å². The molecule has 1 rings (SSSR count). The summed E-state index contributed by atoms with van der Waals surface area (Å²) < 4.78 is 18.6. The maximum Gasteiger partial charge on any atom is 0.365 e. The minimum Gasteiger partial charge on any atom is -0.491 e. The lowest BCUT2D eigenvalue weighted by Crippen LogP contribution is -2.05. The van der Waals surface area contributed by atoms with Crippen LogP contribution in [0.15, 0.2) is 30.1 Å². The molecule has 1 aromatic carbocycles. The molecule has 4 heteroatoms. The molecule has 1 aromatic rings. The van der Waals surface area contributed by atoms with Gasteiger partial charge in [-0.25, -0.2) is 4.79 Å². The molecule has 0 fully saturated rings. The summed E-state index contributed by atoms with van der Waals surface area (Å²) in [6.45, 7) is 5.24. The molecule has 0 bridgehead atoms. The third kappa shape index (κ3) is 3.59. The lowest BCUT2D eigenvalue weighted by Gasteiger charge is -2.10. The second-order valence-electron chi connectivity index (χ2n) is 3.94. The second-order valence-corrected chi connectivity index (χ2v) is 3.94. The van der Waals surface area contributed by atoms with Gasteiger partial charge in [-0.1, -0.05) is 12.1 Å². The topological polar surface area (TPSA) is 46.5 Å². The zero-order valence-electron chi connectivity index (χ0n) is 10.0. The third-order valence-corrected chi connectivity index (χ3v) is 2.18. The van der Waals surface area contributed by atoms with Crippen LogP contribution in [-0.2, 0) is 4.79 Å². The van der Waals surface area contributed by atoms with Gasteiger partial charge in [-0.3, -0.25) is 0 Å². The number of aliphatic carboxylic acids is 1. The molecule has 0 unspecified atom stereocenters. The fourth-order valence-corrected chi connectivity index (χ4v) is 1.34. The van der Waals surface area contributed by atoms with Gasteiger partial charge in [0.25, 0.3) is 0 Å². The summed E-state index contributed by atoms with van der Waals surface area (Å²) >= 11 is 0. The van der Waals surface area contributed by atoms with Gasteiger partial charge in [-0.05, 0) is 44.0 Å². The van der Waals surface area contributed by atoms with Crippen LogP contribution in [0.4, 0.5) is 4.39 Å². The minimum atomic E-state index is -1.55. The van der Waals surface area contributed by atoms with E-state index in [4.69, 9.17) is 9.84 Å². The Morgan fingerprint density at radius 3 is 2.24 bits per heavy atom. The molecule has 0 saturated heterocycles. The molecule has 0 atom stereocenters. The molecule has 0 heterocycles. The number of rotatable bonds is 4. The van der Waals surface area contributed by atoms with Crippen LogP contribution in [0.25, 0.3) is 5.57 Å². The van der Waals surface area contributed by atoms with E-state index in [-0.39, 0.29) is 11.7 Å². The summed E-state index contributed by atoms with van der Waals surface area (Å²) in [6.07, 6.45) is 0.0632. The third-order valence-electron chi connectivity index (χ3n) is 2.18. The predicted octanol–water partition coefficient (Wildman–Crippen LogP) is 3.26. The molecule has 0 aliphatic carbocycles. The van der Waals surface area contributed by atoms with E-state index in [1.54, 1.807) is 24.3 Å². The average molecular weight is 238 g/mol. The van der Waals surface area contributed by atoms with E-state index >= 15 is 0 Å². The van der Waals surface area contributed by atoms with Gasteiger partial charge in [-0.2, -0.15) is 4.39 Å². The summed E-state index contributed by atoms with van der Waals surface area (Å²) in [4.78, 5) is 10.5. The van der Waals surface area contributed by atoms with Gasteiger partial charge in [0.05, 0.1) is 6.10 Å². The number of ether oxygens (including phenoxy) is 1. The smallest absolute Gasteiger partial charge is 0.365 e.